The van der Waals surface area contributed by atoms with E-state index in [1.807, 2.05) is 6.34 Å². The molecule has 2 aliphatic heterocycles. The van der Waals surface area contributed by atoms with Gasteiger partial charge >= 0.3 is 0 Å². The summed E-state index contributed by atoms with van der Waals surface area (Å²) in [6, 6.07) is 0. The molecular formula is C19H41N7. The van der Waals surface area contributed by atoms with E-state index >= 15 is 0 Å². The molecule has 0 aromatic carbocycles. The average molecular weight is 368 g/mol. The smallest absolute Gasteiger partial charge is 0.0893 e. The quantitative estimate of drug-likeness (QED) is 0.453. The van der Waals surface area contributed by atoms with Gasteiger partial charge in [0, 0.05) is 38.9 Å². The number of nitrogens with two attached hydrogens (primary N) is 3. The van der Waals surface area contributed by atoms with Crippen molar-refractivity contribution in [2.75, 3.05) is 72.0 Å². The molecule has 2 rings (SSSR count). The number of nitrogens with zero attached hydrogens (tertiary/aromatic N) is 4. The minimum atomic E-state index is 0.786. The van der Waals surface area contributed by atoms with Crippen LogP contribution in [0, 0.1) is 0 Å². The predicted octanol–water partition coefficient (Wildman–Crippen LogP) is 0.275. The second-order valence-electron chi connectivity index (χ2n) is 6.92. The summed E-state index contributed by atoms with van der Waals surface area (Å²) in [6.45, 7) is 11.6. The molecule has 0 radical (unpaired) electrons. The highest BCUT2D eigenvalue weighted by atomic mass is 15.3. The number of hydrogen-bond acceptors (Lipinski definition) is 7. The Labute approximate surface area is 160 Å². The summed E-state index contributed by atoms with van der Waals surface area (Å²) in [5.74, 6) is 0. The third-order valence-electron chi connectivity index (χ3n) is 4.68. The SMILES string of the molecule is NCCCCN1C=CCN=C1.NCCCCN1CCN(CCCN)CC1. The van der Waals surface area contributed by atoms with E-state index in [4.69, 9.17) is 17.2 Å². The van der Waals surface area contributed by atoms with Crippen molar-refractivity contribution in [3.05, 3.63) is 12.3 Å². The zero-order valence-corrected chi connectivity index (χ0v) is 16.6. The zero-order valence-electron chi connectivity index (χ0n) is 16.6. The number of rotatable bonds is 11. The fourth-order valence-electron chi connectivity index (χ4n) is 3.04. The molecule has 0 aromatic rings. The van der Waals surface area contributed by atoms with Crippen LogP contribution in [0.4, 0.5) is 0 Å². The highest BCUT2D eigenvalue weighted by molar-refractivity contribution is 5.57. The molecule has 7 nitrogen and oxygen atoms in total. The maximum absolute atomic E-state index is 5.51. The maximum Gasteiger partial charge on any atom is 0.0893 e. The Morgan fingerprint density at radius 2 is 1.23 bits per heavy atom. The Balaban J connectivity index is 0.000000273. The average Bonchev–Trinajstić information content (AvgIpc) is 2.69. The lowest BCUT2D eigenvalue weighted by Crippen LogP contribution is -2.47. The van der Waals surface area contributed by atoms with Gasteiger partial charge in [-0.05, 0) is 70.9 Å². The van der Waals surface area contributed by atoms with Crippen molar-refractivity contribution in [3.8, 4) is 0 Å². The summed E-state index contributed by atoms with van der Waals surface area (Å²) in [5.41, 5.74) is 16.4. The van der Waals surface area contributed by atoms with Gasteiger partial charge in [-0.3, -0.25) is 4.99 Å². The first-order valence-corrected chi connectivity index (χ1v) is 10.3. The van der Waals surface area contributed by atoms with Gasteiger partial charge in [-0.15, -0.1) is 0 Å². The molecule has 0 aromatic heterocycles. The summed E-state index contributed by atoms with van der Waals surface area (Å²) in [5, 5.41) is 0. The molecule has 1 saturated heterocycles. The molecular weight excluding hydrogens is 326 g/mol. The Bertz CT molecular complexity index is 353. The van der Waals surface area contributed by atoms with Crippen molar-refractivity contribution in [2.45, 2.75) is 32.1 Å². The van der Waals surface area contributed by atoms with Gasteiger partial charge in [0.2, 0.25) is 0 Å². The molecule has 0 atom stereocenters. The molecule has 0 amide bonds. The van der Waals surface area contributed by atoms with Gasteiger partial charge in [0.15, 0.2) is 0 Å². The molecule has 1 fully saturated rings. The van der Waals surface area contributed by atoms with Gasteiger partial charge in [-0.1, -0.05) is 0 Å². The first-order valence-electron chi connectivity index (χ1n) is 10.3. The minimum Gasteiger partial charge on any atom is -0.340 e. The van der Waals surface area contributed by atoms with Crippen molar-refractivity contribution in [3.63, 3.8) is 0 Å². The summed E-state index contributed by atoms with van der Waals surface area (Å²) in [6.07, 6.45) is 11.8. The van der Waals surface area contributed by atoms with Crippen molar-refractivity contribution < 1.29 is 0 Å². The van der Waals surface area contributed by atoms with Crippen LogP contribution >= 0.6 is 0 Å². The molecule has 0 saturated carbocycles. The highest BCUT2D eigenvalue weighted by Crippen LogP contribution is 2.03. The molecule has 0 spiro atoms. The monoisotopic (exact) mass is 367 g/mol. The summed E-state index contributed by atoms with van der Waals surface area (Å²) < 4.78 is 0. The predicted molar refractivity (Wildman–Crippen MR) is 112 cm³/mol. The summed E-state index contributed by atoms with van der Waals surface area (Å²) in [7, 11) is 0. The number of unbranched alkanes of at least 4 members (excludes halogenated alkanes) is 2. The van der Waals surface area contributed by atoms with Crippen LogP contribution in [-0.4, -0.2) is 93.0 Å². The molecule has 26 heavy (non-hydrogen) atoms. The number of piperazine rings is 1. The molecule has 6 N–H and O–H groups in total. The van der Waals surface area contributed by atoms with E-state index in [0.717, 1.165) is 58.4 Å². The largest absolute Gasteiger partial charge is 0.340 e. The first-order chi connectivity index (χ1) is 12.8. The second-order valence-corrected chi connectivity index (χ2v) is 6.92. The van der Waals surface area contributed by atoms with Gasteiger partial charge in [0.05, 0.1) is 12.9 Å². The third-order valence-corrected chi connectivity index (χ3v) is 4.68. The molecule has 7 heteroatoms. The van der Waals surface area contributed by atoms with Crippen molar-refractivity contribution in [1.29, 1.82) is 0 Å². The third kappa shape index (κ3) is 11.6. The van der Waals surface area contributed by atoms with E-state index in [9.17, 15) is 0 Å². The van der Waals surface area contributed by atoms with Crippen LogP contribution < -0.4 is 17.2 Å². The summed E-state index contributed by atoms with van der Waals surface area (Å²) >= 11 is 0. The lowest BCUT2D eigenvalue weighted by atomic mass is 10.2. The van der Waals surface area contributed by atoms with E-state index < -0.39 is 0 Å². The van der Waals surface area contributed by atoms with Gasteiger partial charge in [0.1, 0.15) is 0 Å². The molecule has 2 aliphatic rings. The molecule has 2 heterocycles. The van der Waals surface area contributed by atoms with Crippen molar-refractivity contribution >= 4 is 6.34 Å². The molecule has 0 bridgehead atoms. The van der Waals surface area contributed by atoms with Gasteiger partial charge in [-0.2, -0.15) is 0 Å². The van der Waals surface area contributed by atoms with Crippen LogP contribution in [0.2, 0.25) is 0 Å². The fourth-order valence-corrected chi connectivity index (χ4v) is 3.04. The Morgan fingerprint density at radius 1 is 0.692 bits per heavy atom. The van der Waals surface area contributed by atoms with Crippen molar-refractivity contribution in [2.24, 2.45) is 22.2 Å². The topological polar surface area (TPSA) is 100 Å². The van der Waals surface area contributed by atoms with E-state index in [0.29, 0.717) is 0 Å². The normalized spacial score (nSPS) is 18.0. The number of aliphatic imine (C=N–C) groups is 1. The van der Waals surface area contributed by atoms with Crippen LogP contribution in [0.25, 0.3) is 0 Å². The maximum atomic E-state index is 5.51. The van der Waals surface area contributed by atoms with Crippen LogP contribution in [0.3, 0.4) is 0 Å². The lowest BCUT2D eigenvalue weighted by molar-refractivity contribution is 0.130. The van der Waals surface area contributed by atoms with E-state index in [1.54, 1.807) is 0 Å². The Kier molecular flexibility index (Phi) is 14.4. The second kappa shape index (κ2) is 16.2. The Morgan fingerprint density at radius 3 is 1.73 bits per heavy atom. The highest BCUT2D eigenvalue weighted by Gasteiger charge is 2.15. The lowest BCUT2D eigenvalue weighted by Gasteiger charge is -2.34. The van der Waals surface area contributed by atoms with Crippen LogP contribution in [0.5, 0.6) is 0 Å². The fraction of sp³-hybridized carbons (Fsp3) is 0.842. The van der Waals surface area contributed by atoms with Crippen LogP contribution in [0.15, 0.2) is 17.3 Å². The number of hydrogen-bond donors (Lipinski definition) is 3. The van der Waals surface area contributed by atoms with Crippen LogP contribution in [-0.2, 0) is 0 Å². The molecule has 0 unspecified atom stereocenters. The van der Waals surface area contributed by atoms with E-state index in [1.165, 1.54) is 45.7 Å². The van der Waals surface area contributed by atoms with Crippen LogP contribution in [0.1, 0.15) is 32.1 Å². The Hall–Kier alpha value is -0.990. The van der Waals surface area contributed by atoms with Crippen molar-refractivity contribution in [1.82, 2.24) is 14.7 Å². The van der Waals surface area contributed by atoms with Gasteiger partial charge < -0.3 is 31.9 Å². The summed E-state index contributed by atoms with van der Waals surface area (Å²) in [4.78, 5) is 11.3. The minimum absolute atomic E-state index is 0.786. The molecule has 0 aliphatic carbocycles. The van der Waals surface area contributed by atoms with E-state index in [2.05, 4.69) is 32.0 Å². The van der Waals surface area contributed by atoms with Gasteiger partial charge in [-0.25, -0.2) is 0 Å². The van der Waals surface area contributed by atoms with E-state index in [-0.39, 0.29) is 0 Å². The first kappa shape index (κ1) is 23.0. The standard InChI is InChI=1S/C11H26N4.C8H15N3/c12-4-1-2-6-14-8-10-15(11-9-14)7-3-5-13;9-4-1-2-6-11-7-3-5-10-8-11/h1-13H2;3,7-8H,1-2,4-6,9H2. The zero-order chi connectivity index (χ0) is 18.9. The molecule has 152 valence electrons. The van der Waals surface area contributed by atoms with Gasteiger partial charge in [0.25, 0.3) is 0 Å².